The van der Waals surface area contributed by atoms with Crippen LogP contribution in [0.15, 0.2) is 0 Å². The topological polar surface area (TPSA) is 41.1 Å². The monoisotopic (exact) mass is 456 g/mol. The van der Waals surface area contributed by atoms with E-state index in [0.717, 1.165) is 10.7 Å². The highest BCUT2D eigenvalue weighted by Gasteiger charge is 2.06. The average Bonchev–Trinajstić information content (AvgIpc) is 2.22. The molecule has 2 atom stereocenters. The quantitative estimate of drug-likeness (QED) is 0.589. The van der Waals surface area contributed by atoms with Crippen molar-refractivity contribution in [3.8, 4) is 0 Å². The lowest BCUT2D eigenvalue weighted by Gasteiger charge is -2.11. The highest BCUT2D eigenvalue weighted by atomic mass is 79.9. The van der Waals surface area contributed by atoms with Crippen molar-refractivity contribution in [2.45, 2.75) is 9.65 Å². The first-order chi connectivity index (χ1) is 6.60. The number of urea groups is 1. The van der Waals surface area contributed by atoms with Crippen LogP contribution >= 0.6 is 63.7 Å². The number of carbonyl (C=O) groups is 1. The summed E-state index contributed by atoms with van der Waals surface area (Å²) in [4.78, 5) is 11.7. The molecule has 0 saturated carbocycles. The maximum atomic E-state index is 11.2. The highest BCUT2D eigenvalue weighted by Crippen LogP contribution is 2.02. The number of carbonyl (C=O) groups excluding carboxylic acids is 1. The SMILES string of the molecule is O=C(NCC(Br)CBr)NCC(Br)CBr. The van der Waals surface area contributed by atoms with Gasteiger partial charge in [0.1, 0.15) is 0 Å². The summed E-state index contributed by atoms with van der Waals surface area (Å²) in [5.41, 5.74) is 0. The first-order valence-corrected chi connectivity index (χ1v) is 8.09. The minimum absolute atomic E-state index is 0.138. The van der Waals surface area contributed by atoms with Crippen molar-refractivity contribution in [3.63, 3.8) is 0 Å². The standard InChI is InChI=1S/C7H12Br4N2O/c8-1-5(10)3-12-7(14)13-4-6(11)2-9/h5-6H,1-4H2,(H2,12,13,14). The van der Waals surface area contributed by atoms with Crippen LogP contribution in [0, 0.1) is 0 Å². The van der Waals surface area contributed by atoms with E-state index in [-0.39, 0.29) is 15.7 Å². The summed E-state index contributed by atoms with van der Waals surface area (Å²) in [6, 6.07) is -0.138. The number of alkyl halides is 4. The van der Waals surface area contributed by atoms with E-state index in [1.165, 1.54) is 0 Å². The summed E-state index contributed by atoms with van der Waals surface area (Å²) in [6.07, 6.45) is 0. The molecule has 2 amide bonds. The van der Waals surface area contributed by atoms with Gasteiger partial charge in [-0.05, 0) is 0 Å². The van der Waals surface area contributed by atoms with E-state index in [2.05, 4.69) is 74.4 Å². The van der Waals surface area contributed by atoms with E-state index in [9.17, 15) is 4.79 Å². The van der Waals surface area contributed by atoms with Gasteiger partial charge in [0.15, 0.2) is 0 Å². The van der Waals surface area contributed by atoms with Gasteiger partial charge in [0.2, 0.25) is 0 Å². The second-order valence-electron chi connectivity index (χ2n) is 2.59. The van der Waals surface area contributed by atoms with Crippen molar-refractivity contribution in [3.05, 3.63) is 0 Å². The normalized spacial score (nSPS) is 14.6. The van der Waals surface area contributed by atoms with Gasteiger partial charge in [-0.15, -0.1) is 0 Å². The molecule has 0 saturated heterocycles. The lowest BCUT2D eigenvalue weighted by Crippen LogP contribution is -2.41. The molecule has 0 bridgehead atoms. The largest absolute Gasteiger partial charge is 0.337 e. The lowest BCUT2D eigenvalue weighted by atomic mass is 10.4. The van der Waals surface area contributed by atoms with Gasteiger partial charge >= 0.3 is 6.03 Å². The molecular weight excluding hydrogens is 448 g/mol. The molecule has 0 aromatic heterocycles. The molecule has 0 radical (unpaired) electrons. The summed E-state index contributed by atoms with van der Waals surface area (Å²) < 4.78 is 0. The van der Waals surface area contributed by atoms with Crippen molar-refractivity contribution >= 4 is 69.8 Å². The van der Waals surface area contributed by atoms with Crippen LogP contribution in [0.4, 0.5) is 4.79 Å². The van der Waals surface area contributed by atoms with E-state index in [0.29, 0.717) is 13.1 Å². The molecule has 2 unspecified atom stereocenters. The molecule has 84 valence electrons. The molecule has 0 heterocycles. The average molecular weight is 460 g/mol. The molecule has 14 heavy (non-hydrogen) atoms. The Labute approximate surface area is 118 Å². The molecule has 7 heteroatoms. The van der Waals surface area contributed by atoms with Crippen LogP contribution in [0.2, 0.25) is 0 Å². The fraction of sp³-hybridized carbons (Fsp3) is 0.857. The number of rotatable bonds is 6. The zero-order valence-corrected chi connectivity index (χ0v) is 13.7. The third-order valence-corrected chi connectivity index (χ3v) is 5.90. The molecule has 0 aliphatic carbocycles. The highest BCUT2D eigenvalue weighted by molar-refractivity contribution is 9.12. The number of hydrogen-bond donors (Lipinski definition) is 2. The van der Waals surface area contributed by atoms with Crippen molar-refractivity contribution in [2.75, 3.05) is 23.7 Å². The Kier molecular flexibility index (Phi) is 10.2. The fourth-order valence-corrected chi connectivity index (χ4v) is 1.36. The van der Waals surface area contributed by atoms with Crippen LogP contribution in [-0.2, 0) is 0 Å². The Morgan fingerprint density at radius 1 is 1.00 bits per heavy atom. The Balaban J connectivity index is 3.46. The Bertz CT molecular complexity index is 154. The third kappa shape index (κ3) is 8.49. The Morgan fingerprint density at radius 2 is 1.36 bits per heavy atom. The predicted molar refractivity (Wildman–Crippen MR) is 74.4 cm³/mol. The zero-order chi connectivity index (χ0) is 11.0. The van der Waals surface area contributed by atoms with Gasteiger partial charge in [0, 0.05) is 33.4 Å². The Morgan fingerprint density at radius 3 is 1.64 bits per heavy atom. The van der Waals surface area contributed by atoms with E-state index in [1.807, 2.05) is 0 Å². The molecular formula is C7H12Br4N2O. The maximum absolute atomic E-state index is 11.2. The van der Waals surface area contributed by atoms with Crippen LogP contribution in [-0.4, -0.2) is 39.4 Å². The summed E-state index contributed by atoms with van der Waals surface area (Å²) in [7, 11) is 0. The molecule has 0 aliphatic heterocycles. The molecule has 2 N–H and O–H groups in total. The van der Waals surface area contributed by atoms with Gasteiger partial charge in [-0.3, -0.25) is 0 Å². The van der Waals surface area contributed by atoms with Gasteiger partial charge in [-0.2, -0.15) is 0 Å². The van der Waals surface area contributed by atoms with Crippen molar-refractivity contribution in [2.24, 2.45) is 0 Å². The van der Waals surface area contributed by atoms with E-state index in [4.69, 9.17) is 0 Å². The van der Waals surface area contributed by atoms with Gasteiger partial charge in [0.05, 0.1) is 0 Å². The molecule has 0 aromatic carbocycles. The van der Waals surface area contributed by atoms with E-state index < -0.39 is 0 Å². The number of amides is 2. The van der Waals surface area contributed by atoms with Crippen LogP contribution in [0.25, 0.3) is 0 Å². The lowest BCUT2D eigenvalue weighted by molar-refractivity contribution is 0.241. The molecule has 0 spiro atoms. The first kappa shape index (κ1) is 15.2. The van der Waals surface area contributed by atoms with Crippen molar-refractivity contribution in [1.82, 2.24) is 10.6 Å². The van der Waals surface area contributed by atoms with Crippen LogP contribution in [0.1, 0.15) is 0 Å². The maximum Gasteiger partial charge on any atom is 0.314 e. The third-order valence-electron chi connectivity index (χ3n) is 1.30. The van der Waals surface area contributed by atoms with Gasteiger partial charge < -0.3 is 10.6 Å². The van der Waals surface area contributed by atoms with Gasteiger partial charge in [0.25, 0.3) is 0 Å². The molecule has 0 rings (SSSR count). The predicted octanol–water partition coefficient (Wildman–Crippen LogP) is 2.60. The van der Waals surface area contributed by atoms with Crippen LogP contribution in [0.5, 0.6) is 0 Å². The minimum atomic E-state index is -0.138. The summed E-state index contributed by atoms with van der Waals surface area (Å²) in [6.45, 7) is 1.22. The van der Waals surface area contributed by atoms with E-state index in [1.54, 1.807) is 0 Å². The molecule has 0 aromatic rings. The number of hydrogen-bond acceptors (Lipinski definition) is 1. The van der Waals surface area contributed by atoms with Crippen LogP contribution in [0.3, 0.4) is 0 Å². The number of halogens is 4. The molecule has 0 aliphatic rings. The molecule has 0 fully saturated rings. The fourth-order valence-electron chi connectivity index (χ4n) is 0.578. The van der Waals surface area contributed by atoms with E-state index >= 15 is 0 Å². The second kappa shape index (κ2) is 9.42. The summed E-state index contributed by atoms with van der Waals surface area (Å²) >= 11 is 13.4. The summed E-state index contributed by atoms with van der Waals surface area (Å²) in [5, 5.41) is 7.13. The molecule has 3 nitrogen and oxygen atoms in total. The van der Waals surface area contributed by atoms with Crippen molar-refractivity contribution in [1.29, 1.82) is 0 Å². The minimum Gasteiger partial charge on any atom is -0.337 e. The Hall–Kier alpha value is 1.19. The zero-order valence-electron chi connectivity index (χ0n) is 7.40. The number of nitrogens with one attached hydrogen (secondary N) is 2. The summed E-state index contributed by atoms with van der Waals surface area (Å²) in [5.74, 6) is 0. The van der Waals surface area contributed by atoms with Crippen LogP contribution < -0.4 is 10.6 Å². The first-order valence-electron chi connectivity index (χ1n) is 4.02. The second-order valence-corrected chi connectivity index (χ2v) is 6.48. The van der Waals surface area contributed by atoms with Crippen molar-refractivity contribution < 1.29 is 4.79 Å². The van der Waals surface area contributed by atoms with Gasteiger partial charge in [-0.25, -0.2) is 4.79 Å². The van der Waals surface area contributed by atoms with Gasteiger partial charge in [-0.1, -0.05) is 63.7 Å². The smallest absolute Gasteiger partial charge is 0.314 e.